The van der Waals surface area contributed by atoms with Gasteiger partial charge in [-0.15, -0.1) is 0 Å². The summed E-state index contributed by atoms with van der Waals surface area (Å²) in [5.41, 5.74) is 1.27. The fourth-order valence-electron chi connectivity index (χ4n) is 3.14. The fourth-order valence-corrected chi connectivity index (χ4v) is 3.31. The summed E-state index contributed by atoms with van der Waals surface area (Å²) in [6, 6.07) is 14.5. The molecule has 1 amide bonds. The lowest BCUT2D eigenvalue weighted by Gasteiger charge is -2.33. The van der Waals surface area contributed by atoms with Gasteiger partial charge in [-0.1, -0.05) is 41.9 Å². The van der Waals surface area contributed by atoms with Crippen LogP contribution in [0.2, 0.25) is 5.02 Å². The van der Waals surface area contributed by atoms with Gasteiger partial charge in [-0.2, -0.15) is 0 Å². The highest BCUT2D eigenvalue weighted by Crippen LogP contribution is 2.21. The van der Waals surface area contributed by atoms with Gasteiger partial charge in [0.25, 0.3) is 5.91 Å². The fraction of sp³-hybridized carbons (Fsp3) is 0.350. The highest BCUT2D eigenvalue weighted by Gasteiger charge is 2.21. The summed E-state index contributed by atoms with van der Waals surface area (Å²) in [7, 11) is 0. The second-order valence-corrected chi connectivity index (χ2v) is 6.90. The molecule has 1 atom stereocenters. The molecule has 1 aliphatic rings. The zero-order valence-corrected chi connectivity index (χ0v) is 15.2. The smallest absolute Gasteiger partial charge is 0.258 e. The molecule has 2 aromatic rings. The van der Waals surface area contributed by atoms with Crippen LogP contribution < -0.4 is 10.1 Å². The van der Waals surface area contributed by atoms with Crippen LogP contribution in [0.25, 0.3) is 0 Å². The lowest BCUT2D eigenvalue weighted by molar-refractivity contribution is -0.124. The Balaban J connectivity index is 1.45. The average Bonchev–Trinajstić information content (AvgIpc) is 2.64. The van der Waals surface area contributed by atoms with E-state index in [-0.39, 0.29) is 23.6 Å². The first-order valence-corrected chi connectivity index (χ1v) is 9.11. The van der Waals surface area contributed by atoms with Crippen LogP contribution in [0.3, 0.4) is 0 Å². The van der Waals surface area contributed by atoms with E-state index in [1.807, 2.05) is 18.2 Å². The van der Waals surface area contributed by atoms with E-state index >= 15 is 0 Å². The molecule has 0 bridgehead atoms. The number of ether oxygens (including phenoxy) is 1. The second-order valence-electron chi connectivity index (χ2n) is 6.49. The number of carbonyl (C=O) groups is 1. The van der Waals surface area contributed by atoms with E-state index in [2.05, 4.69) is 22.3 Å². The predicted molar refractivity (Wildman–Crippen MR) is 99.8 cm³/mol. The topological polar surface area (TPSA) is 41.6 Å². The number of hydrogen-bond donors (Lipinski definition) is 1. The molecule has 4 nitrogen and oxygen atoms in total. The maximum absolute atomic E-state index is 13.1. The van der Waals surface area contributed by atoms with Gasteiger partial charge >= 0.3 is 0 Å². The Morgan fingerprint density at radius 3 is 2.85 bits per heavy atom. The number of rotatable bonds is 6. The Hall–Kier alpha value is -2.11. The van der Waals surface area contributed by atoms with E-state index in [9.17, 15) is 9.18 Å². The lowest BCUT2D eigenvalue weighted by atomic mass is 10.0. The number of piperidine rings is 1. The van der Waals surface area contributed by atoms with Gasteiger partial charge in [0.05, 0.1) is 5.02 Å². The van der Waals surface area contributed by atoms with Crippen LogP contribution in [0.5, 0.6) is 5.75 Å². The molecule has 26 heavy (non-hydrogen) atoms. The number of likely N-dealkylation sites (tertiary alicyclic amines) is 1. The van der Waals surface area contributed by atoms with Crippen molar-refractivity contribution in [2.75, 3.05) is 19.7 Å². The van der Waals surface area contributed by atoms with Crippen molar-refractivity contribution in [1.29, 1.82) is 0 Å². The SMILES string of the molecule is O=C(COc1ccc(F)c(Cl)c1)N[C@H]1CCCN(Cc2ccccc2)C1. The molecule has 3 rings (SSSR count). The molecule has 1 aliphatic heterocycles. The molecule has 0 saturated carbocycles. The minimum Gasteiger partial charge on any atom is -0.484 e. The number of carbonyl (C=O) groups excluding carboxylic acids is 1. The second kappa shape index (κ2) is 9.01. The Morgan fingerprint density at radius 1 is 1.27 bits per heavy atom. The molecule has 2 aromatic carbocycles. The quantitative estimate of drug-likeness (QED) is 0.836. The number of amides is 1. The summed E-state index contributed by atoms with van der Waals surface area (Å²) in [4.78, 5) is 14.5. The van der Waals surface area contributed by atoms with Crippen LogP contribution in [-0.2, 0) is 11.3 Å². The summed E-state index contributed by atoms with van der Waals surface area (Å²) in [5, 5.41) is 3.00. The van der Waals surface area contributed by atoms with Gasteiger partial charge in [0.1, 0.15) is 11.6 Å². The molecule has 0 spiro atoms. The normalized spacial score (nSPS) is 17.7. The molecule has 1 fully saturated rings. The maximum atomic E-state index is 13.1. The Labute approximate surface area is 157 Å². The van der Waals surface area contributed by atoms with Crippen molar-refractivity contribution in [3.8, 4) is 5.75 Å². The van der Waals surface area contributed by atoms with E-state index in [0.717, 1.165) is 32.5 Å². The van der Waals surface area contributed by atoms with Gasteiger partial charge in [0.2, 0.25) is 0 Å². The van der Waals surface area contributed by atoms with Crippen LogP contribution in [0.15, 0.2) is 48.5 Å². The van der Waals surface area contributed by atoms with Gasteiger partial charge < -0.3 is 10.1 Å². The first-order valence-electron chi connectivity index (χ1n) is 8.73. The van der Waals surface area contributed by atoms with Crippen molar-refractivity contribution >= 4 is 17.5 Å². The molecule has 138 valence electrons. The Kier molecular flexibility index (Phi) is 6.47. The van der Waals surface area contributed by atoms with Crippen molar-refractivity contribution in [2.45, 2.75) is 25.4 Å². The van der Waals surface area contributed by atoms with Gasteiger partial charge in [-0.25, -0.2) is 4.39 Å². The zero-order chi connectivity index (χ0) is 18.4. The third-order valence-electron chi connectivity index (χ3n) is 4.38. The lowest BCUT2D eigenvalue weighted by Crippen LogP contribution is -2.48. The van der Waals surface area contributed by atoms with E-state index in [4.69, 9.17) is 16.3 Å². The van der Waals surface area contributed by atoms with E-state index in [1.54, 1.807) is 0 Å². The highest BCUT2D eigenvalue weighted by molar-refractivity contribution is 6.30. The third kappa shape index (κ3) is 5.44. The van der Waals surface area contributed by atoms with Crippen molar-refractivity contribution in [1.82, 2.24) is 10.2 Å². The molecule has 1 saturated heterocycles. The number of nitrogens with zero attached hydrogens (tertiary/aromatic N) is 1. The molecule has 0 unspecified atom stereocenters. The minimum atomic E-state index is -0.510. The highest BCUT2D eigenvalue weighted by atomic mass is 35.5. The summed E-state index contributed by atoms with van der Waals surface area (Å²) in [6.07, 6.45) is 2.01. The first-order chi connectivity index (χ1) is 12.6. The number of halogens is 2. The molecular formula is C20H22ClFN2O2. The summed E-state index contributed by atoms with van der Waals surface area (Å²) in [5.74, 6) is -0.318. The zero-order valence-electron chi connectivity index (χ0n) is 14.5. The number of hydrogen-bond acceptors (Lipinski definition) is 3. The summed E-state index contributed by atoms with van der Waals surface area (Å²) >= 11 is 5.71. The van der Waals surface area contributed by atoms with Crippen molar-refractivity contribution in [2.24, 2.45) is 0 Å². The van der Waals surface area contributed by atoms with Gasteiger partial charge in [0.15, 0.2) is 6.61 Å². The monoisotopic (exact) mass is 376 g/mol. The van der Waals surface area contributed by atoms with Crippen LogP contribution in [0.4, 0.5) is 4.39 Å². The van der Waals surface area contributed by atoms with E-state index in [1.165, 1.54) is 23.8 Å². The molecule has 0 aromatic heterocycles. The molecule has 1 heterocycles. The van der Waals surface area contributed by atoms with Crippen LogP contribution in [0.1, 0.15) is 18.4 Å². The third-order valence-corrected chi connectivity index (χ3v) is 4.67. The van der Waals surface area contributed by atoms with Crippen LogP contribution >= 0.6 is 11.6 Å². The summed E-state index contributed by atoms with van der Waals surface area (Å²) in [6.45, 7) is 2.63. The van der Waals surface area contributed by atoms with E-state index in [0.29, 0.717) is 5.75 Å². The maximum Gasteiger partial charge on any atom is 0.258 e. The largest absolute Gasteiger partial charge is 0.484 e. The standard InChI is InChI=1S/C20H22ClFN2O2/c21-18-11-17(8-9-19(18)22)26-14-20(25)23-16-7-4-10-24(13-16)12-15-5-2-1-3-6-15/h1-3,5-6,8-9,11,16H,4,7,10,12-14H2,(H,23,25)/t16-/m0/s1. The first kappa shape index (κ1) is 18.7. The molecule has 1 N–H and O–H groups in total. The summed E-state index contributed by atoms with van der Waals surface area (Å²) < 4.78 is 18.5. The average molecular weight is 377 g/mol. The predicted octanol–water partition coefficient (Wildman–Crippen LogP) is 3.64. The minimum absolute atomic E-state index is 0.0215. The van der Waals surface area contributed by atoms with Crippen molar-refractivity contribution < 1.29 is 13.9 Å². The van der Waals surface area contributed by atoms with E-state index < -0.39 is 5.82 Å². The Morgan fingerprint density at radius 2 is 2.08 bits per heavy atom. The van der Waals surface area contributed by atoms with Gasteiger partial charge in [-0.3, -0.25) is 9.69 Å². The molecule has 6 heteroatoms. The van der Waals surface area contributed by atoms with Crippen LogP contribution in [-0.4, -0.2) is 36.5 Å². The number of benzene rings is 2. The van der Waals surface area contributed by atoms with Crippen molar-refractivity contribution in [3.05, 3.63) is 64.9 Å². The molecule has 0 radical (unpaired) electrons. The van der Waals surface area contributed by atoms with Gasteiger partial charge in [-0.05, 0) is 37.1 Å². The van der Waals surface area contributed by atoms with Crippen LogP contribution in [0, 0.1) is 5.82 Å². The number of nitrogens with one attached hydrogen (secondary N) is 1. The van der Waals surface area contributed by atoms with Gasteiger partial charge in [0, 0.05) is 25.2 Å². The molecular weight excluding hydrogens is 355 g/mol. The molecule has 0 aliphatic carbocycles. The van der Waals surface area contributed by atoms with Crippen molar-refractivity contribution in [3.63, 3.8) is 0 Å². The Bertz CT molecular complexity index is 742.